The molecule has 0 fully saturated rings. The van der Waals surface area contributed by atoms with Gasteiger partial charge in [0.25, 0.3) is 11.6 Å². The standard InChI is InChI=1S/C14H14N4O3/c1-2-15-12-7-6-10(18(20)21)9-11(12)14(19)17-13-5-3-4-8-16-13/h3-9,15H,2H2,1H3,(H,16,17,19). The van der Waals surface area contributed by atoms with Crippen LogP contribution in [0.3, 0.4) is 0 Å². The van der Waals surface area contributed by atoms with Crippen molar-refractivity contribution >= 4 is 23.1 Å². The number of pyridine rings is 1. The summed E-state index contributed by atoms with van der Waals surface area (Å²) in [6.07, 6.45) is 1.55. The molecule has 21 heavy (non-hydrogen) atoms. The summed E-state index contributed by atoms with van der Waals surface area (Å²) in [5, 5.41) is 16.5. The molecule has 0 spiro atoms. The van der Waals surface area contributed by atoms with Gasteiger partial charge in [-0.2, -0.15) is 0 Å². The van der Waals surface area contributed by atoms with E-state index in [4.69, 9.17) is 0 Å². The van der Waals surface area contributed by atoms with Gasteiger partial charge >= 0.3 is 0 Å². The number of amides is 1. The van der Waals surface area contributed by atoms with Crippen LogP contribution in [0.2, 0.25) is 0 Å². The van der Waals surface area contributed by atoms with Crippen LogP contribution in [0, 0.1) is 10.1 Å². The maximum atomic E-state index is 12.3. The summed E-state index contributed by atoms with van der Waals surface area (Å²) in [5.74, 6) is -0.0650. The number of nitro groups is 1. The number of benzene rings is 1. The third-order valence-corrected chi connectivity index (χ3v) is 2.73. The number of carbonyl (C=O) groups is 1. The van der Waals surface area contributed by atoms with Crippen LogP contribution in [-0.2, 0) is 0 Å². The molecule has 0 saturated carbocycles. The molecule has 108 valence electrons. The molecule has 0 radical (unpaired) electrons. The first kappa shape index (κ1) is 14.4. The van der Waals surface area contributed by atoms with Crippen molar-refractivity contribution in [3.63, 3.8) is 0 Å². The molecule has 7 nitrogen and oxygen atoms in total. The number of nitrogens with zero attached hydrogens (tertiary/aromatic N) is 2. The Labute approximate surface area is 121 Å². The Bertz CT molecular complexity index is 659. The van der Waals surface area contributed by atoms with Crippen molar-refractivity contribution in [2.24, 2.45) is 0 Å². The minimum atomic E-state index is -0.534. The van der Waals surface area contributed by atoms with E-state index in [0.717, 1.165) is 0 Å². The van der Waals surface area contributed by atoms with Gasteiger partial charge in [0.1, 0.15) is 5.82 Å². The molecular formula is C14H14N4O3. The maximum absolute atomic E-state index is 12.3. The fourth-order valence-corrected chi connectivity index (χ4v) is 1.80. The number of nitro benzene ring substituents is 1. The number of hydrogen-bond donors (Lipinski definition) is 2. The van der Waals surface area contributed by atoms with E-state index < -0.39 is 10.8 Å². The van der Waals surface area contributed by atoms with Gasteiger partial charge in [0.05, 0.1) is 10.5 Å². The van der Waals surface area contributed by atoms with E-state index in [0.29, 0.717) is 18.1 Å². The average molecular weight is 286 g/mol. The Kier molecular flexibility index (Phi) is 4.45. The first-order valence-electron chi connectivity index (χ1n) is 6.36. The molecule has 0 aliphatic rings. The third-order valence-electron chi connectivity index (χ3n) is 2.73. The zero-order chi connectivity index (χ0) is 15.2. The Morgan fingerprint density at radius 3 is 2.76 bits per heavy atom. The zero-order valence-electron chi connectivity index (χ0n) is 11.4. The number of hydrogen-bond acceptors (Lipinski definition) is 5. The molecule has 1 amide bonds. The molecule has 1 heterocycles. The smallest absolute Gasteiger partial charge is 0.270 e. The van der Waals surface area contributed by atoms with Crippen molar-refractivity contribution in [2.45, 2.75) is 6.92 Å². The quantitative estimate of drug-likeness (QED) is 0.650. The van der Waals surface area contributed by atoms with Gasteiger partial charge in [0.15, 0.2) is 0 Å². The second kappa shape index (κ2) is 6.47. The molecule has 0 bridgehead atoms. The fourth-order valence-electron chi connectivity index (χ4n) is 1.80. The average Bonchev–Trinajstić information content (AvgIpc) is 2.48. The lowest BCUT2D eigenvalue weighted by atomic mass is 10.1. The molecule has 0 unspecified atom stereocenters. The van der Waals surface area contributed by atoms with E-state index >= 15 is 0 Å². The molecule has 2 aromatic rings. The van der Waals surface area contributed by atoms with Gasteiger partial charge in [-0.1, -0.05) is 6.07 Å². The summed E-state index contributed by atoms with van der Waals surface area (Å²) >= 11 is 0. The van der Waals surface area contributed by atoms with E-state index in [1.54, 1.807) is 24.4 Å². The second-order valence-electron chi connectivity index (χ2n) is 4.19. The summed E-state index contributed by atoms with van der Waals surface area (Å²) in [6, 6.07) is 9.23. The number of rotatable bonds is 5. The highest BCUT2D eigenvalue weighted by Crippen LogP contribution is 2.23. The van der Waals surface area contributed by atoms with Gasteiger partial charge < -0.3 is 10.6 Å². The van der Waals surface area contributed by atoms with E-state index in [2.05, 4.69) is 15.6 Å². The van der Waals surface area contributed by atoms with Gasteiger partial charge in [-0.15, -0.1) is 0 Å². The molecule has 7 heteroatoms. The Balaban J connectivity index is 2.33. The minimum absolute atomic E-state index is 0.136. The van der Waals surface area contributed by atoms with Gasteiger partial charge in [-0.25, -0.2) is 4.98 Å². The summed E-state index contributed by atoms with van der Waals surface area (Å²) in [4.78, 5) is 26.6. The molecule has 2 N–H and O–H groups in total. The first-order valence-corrected chi connectivity index (χ1v) is 6.36. The van der Waals surface area contributed by atoms with Crippen LogP contribution in [0.15, 0.2) is 42.6 Å². The Morgan fingerprint density at radius 2 is 2.14 bits per heavy atom. The number of non-ortho nitro benzene ring substituents is 1. The predicted molar refractivity (Wildman–Crippen MR) is 79.5 cm³/mol. The van der Waals surface area contributed by atoms with Crippen LogP contribution >= 0.6 is 0 Å². The molecule has 0 atom stereocenters. The largest absolute Gasteiger partial charge is 0.385 e. The summed E-state index contributed by atoms with van der Waals surface area (Å²) < 4.78 is 0. The van der Waals surface area contributed by atoms with Crippen LogP contribution < -0.4 is 10.6 Å². The van der Waals surface area contributed by atoms with Crippen LogP contribution in [0.5, 0.6) is 0 Å². The topological polar surface area (TPSA) is 97.2 Å². The van der Waals surface area contributed by atoms with Crippen LogP contribution in [-0.4, -0.2) is 22.4 Å². The fraction of sp³-hybridized carbons (Fsp3) is 0.143. The first-order chi connectivity index (χ1) is 10.1. The summed E-state index contributed by atoms with van der Waals surface area (Å²) in [6.45, 7) is 2.48. The molecular weight excluding hydrogens is 272 g/mol. The zero-order valence-corrected chi connectivity index (χ0v) is 11.4. The van der Waals surface area contributed by atoms with Crippen LogP contribution in [0.4, 0.5) is 17.2 Å². The van der Waals surface area contributed by atoms with Crippen LogP contribution in [0.1, 0.15) is 17.3 Å². The molecule has 1 aromatic heterocycles. The normalized spacial score (nSPS) is 9.95. The third kappa shape index (κ3) is 3.53. The highest BCUT2D eigenvalue weighted by Gasteiger charge is 2.16. The Hall–Kier alpha value is -2.96. The van der Waals surface area contributed by atoms with Gasteiger partial charge in [-0.05, 0) is 25.1 Å². The lowest BCUT2D eigenvalue weighted by Gasteiger charge is -2.10. The molecule has 0 aliphatic carbocycles. The number of nitrogens with one attached hydrogen (secondary N) is 2. The maximum Gasteiger partial charge on any atom is 0.270 e. The number of aromatic nitrogens is 1. The van der Waals surface area contributed by atoms with Crippen molar-refractivity contribution in [2.75, 3.05) is 17.2 Å². The summed E-state index contributed by atoms with van der Waals surface area (Å²) in [5.41, 5.74) is 0.607. The van der Waals surface area contributed by atoms with Gasteiger partial charge in [0.2, 0.25) is 0 Å². The highest BCUT2D eigenvalue weighted by atomic mass is 16.6. The molecule has 1 aromatic carbocycles. The van der Waals surface area contributed by atoms with Crippen LogP contribution in [0.25, 0.3) is 0 Å². The molecule has 0 aliphatic heterocycles. The van der Waals surface area contributed by atoms with E-state index in [1.165, 1.54) is 18.2 Å². The molecule has 2 rings (SSSR count). The highest BCUT2D eigenvalue weighted by molar-refractivity contribution is 6.08. The van der Waals surface area contributed by atoms with Gasteiger partial charge in [-0.3, -0.25) is 14.9 Å². The monoisotopic (exact) mass is 286 g/mol. The lowest BCUT2D eigenvalue weighted by Crippen LogP contribution is -2.15. The summed E-state index contributed by atoms with van der Waals surface area (Å²) in [7, 11) is 0. The van der Waals surface area contributed by atoms with Crippen molar-refractivity contribution in [3.05, 3.63) is 58.3 Å². The number of anilines is 2. The Morgan fingerprint density at radius 1 is 1.33 bits per heavy atom. The second-order valence-corrected chi connectivity index (χ2v) is 4.19. The van der Waals surface area contributed by atoms with E-state index in [1.807, 2.05) is 6.92 Å². The predicted octanol–water partition coefficient (Wildman–Crippen LogP) is 2.67. The molecule has 0 saturated heterocycles. The van der Waals surface area contributed by atoms with Gasteiger partial charge in [0, 0.05) is 30.6 Å². The van der Waals surface area contributed by atoms with E-state index in [-0.39, 0.29) is 11.3 Å². The van der Waals surface area contributed by atoms with Crippen molar-refractivity contribution in [3.8, 4) is 0 Å². The van der Waals surface area contributed by atoms with Crippen molar-refractivity contribution in [1.29, 1.82) is 0 Å². The lowest BCUT2D eigenvalue weighted by molar-refractivity contribution is -0.384. The van der Waals surface area contributed by atoms with Crippen molar-refractivity contribution in [1.82, 2.24) is 4.98 Å². The van der Waals surface area contributed by atoms with Crippen molar-refractivity contribution < 1.29 is 9.72 Å². The van der Waals surface area contributed by atoms with E-state index in [9.17, 15) is 14.9 Å². The SMILES string of the molecule is CCNc1ccc([N+](=O)[O-])cc1C(=O)Nc1ccccn1. The number of carbonyl (C=O) groups excluding carboxylic acids is 1. The minimum Gasteiger partial charge on any atom is -0.385 e.